The number of nitrogens with zero attached hydrogens (tertiary/aromatic N) is 2. The summed E-state index contributed by atoms with van der Waals surface area (Å²) in [5.74, 6) is 0.418. The van der Waals surface area contributed by atoms with E-state index in [0.29, 0.717) is 17.1 Å². The van der Waals surface area contributed by atoms with Crippen LogP contribution in [0, 0.1) is 0 Å². The van der Waals surface area contributed by atoms with Gasteiger partial charge in [0.25, 0.3) is 11.8 Å². The van der Waals surface area contributed by atoms with Crippen molar-refractivity contribution in [2.45, 2.75) is 6.54 Å². The maximum atomic E-state index is 12.9. The second kappa shape index (κ2) is 10.4. The van der Waals surface area contributed by atoms with Crippen LogP contribution in [0.5, 0.6) is 5.75 Å². The molecule has 8 nitrogen and oxygen atoms in total. The van der Waals surface area contributed by atoms with Gasteiger partial charge in [0, 0.05) is 16.0 Å². The van der Waals surface area contributed by atoms with Crippen LogP contribution >= 0.6 is 11.3 Å². The quantitative estimate of drug-likeness (QED) is 0.387. The molecule has 0 saturated carbocycles. The molecular weight excluding hydrogens is 440 g/mol. The molecule has 0 saturated heterocycles. The van der Waals surface area contributed by atoms with E-state index in [0.717, 1.165) is 10.4 Å². The highest BCUT2D eigenvalue weighted by molar-refractivity contribution is 7.10. The number of amides is 2. The molecule has 33 heavy (non-hydrogen) atoms. The van der Waals surface area contributed by atoms with Crippen LogP contribution < -0.4 is 15.4 Å². The van der Waals surface area contributed by atoms with Crippen LogP contribution in [-0.2, 0) is 11.3 Å². The normalized spacial score (nSPS) is 11.1. The van der Waals surface area contributed by atoms with Gasteiger partial charge in [-0.15, -0.1) is 11.3 Å². The van der Waals surface area contributed by atoms with E-state index in [1.54, 1.807) is 43.5 Å². The molecule has 4 rings (SSSR count). The SMILES string of the molecule is COc1cccc(-c2noc(CNC(=O)/C(=C/c3cccs3)NC(=O)c3ccccc3)n2)c1. The first kappa shape index (κ1) is 22.0. The molecule has 0 spiro atoms. The second-order valence-electron chi connectivity index (χ2n) is 6.82. The first-order valence-electron chi connectivity index (χ1n) is 9.99. The lowest BCUT2D eigenvalue weighted by Gasteiger charge is -2.10. The van der Waals surface area contributed by atoms with Crippen LogP contribution in [0.1, 0.15) is 21.1 Å². The first-order valence-corrected chi connectivity index (χ1v) is 10.9. The molecule has 2 aromatic heterocycles. The summed E-state index contributed by atoms with van der Waals surface area (Å²) in [4.78, 5) is 30.6. The van der Waals surface area contributed by atoms with E-state index >= 15 is 0 Å². The number of carbonyl (C=O) groups excluding carboxylic acids is 2. The van der Waals surface area contributed by atoms with Crippen LogP contribution in [0.25, 0.3) is 17.5 Å². The van der Waals surface area contributed by atoms with Crippen molar-refractivity contribution < 1.29 is 18.8 Å². The summed E-state index contributed by atoms with van der Waals surface area (Å²) >= 11 is 1.45. The third kappa shape index (κ3) is 5.72. The summed E-state index contributed by atoms with van der Waals surface area (Å²) in [5.41, 5.74) is 1.28. The average Bonchev–Trinajstić information content (AvgIpc) is 3.55. The Morgan fingerprint density at radius 2 is 1.94 bits per heavy atom. The van der Waals surface area contributed by atoms with Crippen molar-refractivity contribution in [1.29, 1.82) is 0 Å². The molecular formula is C24H20N4O4S. The van der Waals surface area contributed by atoms with Gasteiger partial charge in [0.05, 0.1) is 13.7 Å². The van der Waals surface area contributed by atoms with Crippen molar-refractivity contribution in [3.05, 3.63) is 94.1 Å². The minimum atomic E-state index is -0.478. The molecule has 9 heteroatoms. The summed E-state index contributed by atoms with van der Waals surface area (Å²) in [6, 6.07) is 19.7. The molecule has 2 aromatic carbocycles. The van der Waals surface area contributed by atoms with Gasteiger partial charge >= 0.3 is 0 Å². The maximum Gasteiger partial charge on any atom is 0.268 e. The lowest BCUT2D eigenvalue weighted by atomic mass is 10.2. The Balaban J connectivity index is 1.46. The molecule has 0 radical (unpaired) electrons. The van der Waals surface area contributed by atoms with Crippen LogP contribution in [0.2, 0.25) is 0 Å². The Morgan fingerprint density at radius 3 is 2.70 bits per heavy atom. The lowest BCUT2D eigenvalue weighted by molar-refractivity contribution is -0.118. The molecule has 2 amide bonds. The number of rotatable bonds is 8. The van der Waals surface area contributed by atoms with Crippen LogP contribution in [0.3, 0.4) is 0 Å². The Kier molecular flexibility index (Phi) is 6.91. The number of thiophene rings is 1. The van der Waals surface area contributed by atoms with Crippen molar-refractivity contribution in [2.75, 3.05) is 7.11 Å². The molecule has 166 valence electrons. The molecule has 0 aliphatic heterocycles. The first-order chi connectivity index (χ1) is 16.1. The van der Waals surface area contributed by atoms with Crippen molar-refractivity contribution in [1.82, 2.24) is 20.8 Å². The smallest absolute Gasteiger partial charge is 0.268 e. The van der Waals surface area contributed by atoms with Gasteiger partial charge in [-0.25, -0.2) is 0 Å². The molecule has 2 heterocycles. The minimum absolute atomic E-state index is 0.00120. The Hall–Kier alpha value is -4.24. The molecule has 0 atom stereocenters. The minimum Gasteiger partial charge on any atom is -0.497 e. The number of hydrogen-bond donors (Lipinski definition) is 2. The molecule has 0 fully saturated rings. The lowest BCUT2D eigenvalue weighted by Crippen LogP contribution is -2.34. The largest absolute Gasteiger partial charge is 0.497 e. The molecule has 0 bridgehead atoms. The van der Waals surface area contributed by atoms with Crippen molar-refractivity contribution >= 4 is 29.2 Å². The number of carbonyl (C=O) groups is 2. The van der Waals surface area contributed by atoms with Crippen molar-refractivity contribution in [2.24, 2.45) is 0 Å². The standard InChI is InChI=1S/C24H20N4O4S/c1-31-18-10-5-9-17(13-18)22-27-21(32-28-22)15-25-24(30)20(14-19-11-6-12-33-19)26-23(29)16-7-3-2-4-8-16/h2-14H,15H2,1H3,(H,25,30)(H,26,29)/b20-14-. The number of ether oxygens (including phenoxy) is 1. The predicted octanol–water partition coefficient (Wildman–Crippen LogP) is 3.89. The third-order valence-electron chi connectivity index (χ3n) is 4.55. The van der Waals surface area contributed by atoms with Gasteiger partial charge in [-0.2, -0.15) is 4.98 Å². The highest BCUT2D eigenvalue weighted by atomic mass is 32.1. The molecule has 2 N–H and O–H groups in total. The molecule has 0 aliphatic carbocycles. The van der Waals surface area contributed by atoms with Gasteiger partial charge < -0.3 is 19.9 Å². The molecule has 0 unspecified atom stereocenters. The topological polar surface area (TPSA) is 106 Å². The summed E-state index contributed by atoms with van der Waals surface area (Å²) in [7, 11) is 1.58. The van der Waals surface area contributed by atoms with E-state index in [4.69, 9.17) is 9.26 Å². The number of benzene rings is 2. The fraction of sp³-hybridized carbons (Fsp3) is 0.0833. The van der Waals surface area contributed by atoms with E-state index in [2.05, 4.69) is 20.8 Å². The van der Waals surface area contributed by atoms with Crippen LogP contribution in [0.4, 0.5) is 0 Å². The van der Waals surface area contributed by atoms with E-state index in [1.165, 1.54) is 11.3 Å². The van der Waals surface area contributed by atoms with Gasteiger partial charge in [-0.05, 0) is 41.8 Å². The zero-order chi connectivity index (χ0) is 23.0. The predicted molar refractivity (Wildman–Crippen MR) is 124 cm³/mol. The van der Waals surface area contributed by atoms with Crippen molar-refractivity contribution in [3.63, 3.8) is 0 Å². The maximum absolute atomic E-state index is 12.9. The fourth-order valence-corrected chi connectivity index (χ4v) is 3.57. The van der Waals surface area contributed by atoms with Gasteiger partial charge in [-0.3, -0.25) is 9.59 Å². The van der Waals surface area contributed by atoms with E-state index in [1.807, 2.05) is 41.8 Å². The van der Waals surface area contributed by atoms with Gasteiger partial charge in [0.15, 0.2) is 0 Å². The van der Waals surface area contributed by atoms with E-state index in [-0.39, 0.29) is 24.0 Å². The number of aromatic nitrogens is 2. The highest BCUT2D eigenvalue weighted by Gasteiger charge is 2.16. The highest BCUT2D eigenvalue weighted by Crippen LogP contribution is 2.21. The second-order valence-corrected chi connectivity index (χ2v) is 7.80. The summed E-state index contributed by atoms with van der Waals surface area (Å²) in [6.07, 6.45) is 1.62. The summed E-state index contributed by atoms with van der Waals surface area (Å²) < 4.78 is 10.5. The van der Waals surface area contributed by atoms with Gasteiger partial charge in [0.2, 0.25) is 11.7 Å². The summed E-state index contributed by atoms with van der Waals surface area (Å²) in [6.45, 7) is -0.00120. The number of nitrogens with one attached hydrogen (secondary N) is 2. The van der Waals surface area contributed by atoms with Crippen molar-refractivity contribution in [3.8, 4) is 17.1 Å². The number of methoxy groups -OCH3 is 1. The Bertz CT molecular complexity index is 1270. The summed E-state index contributed by atoms with van der Waals surface area (Å²) in [5, 5.41) is 11.3. The van der Waals surface area contributed by atoms with Gasteiger partial charge in [0.1, 0.15) is 11.4 Å². The third-order valence-corrected chi connectivity index (χ3v) is 5.37. The monoisotopic (exact) mass is 460 g/mol. The number of hydrogen-bond acceptors (Lipinski definition) is 7. The van der Waals surface area contributed by atoms with Gasteiger partial charge in [-0.1, -0.05) is 41.6 Å². The zero-order valence-corrected chi connectivity index (χ0v) is 18.5. The Labute approximate surface area is 193 Å². The van der Waals surface area contributed by atoms with Crippen LogP contribution in [-0.4, -0.2) is 29.1 Å². The average molecular weight is 461 g/mol. The zero-order valence-electron chi connectivity index (χ0n) is 17.6. The van der Waals surface area contributed by atoms with E-state index < -0.39 is 5.91 Å². The molecule has 0 aliphatic rings. The van der Waals surface area contributed by atoms with Crippen LogP contribution in [0.15, 0.2) is 82.3 Å². The Morgan fingerprint density at radius 1 is 1.09 bits per heavy atom. The molecule has 4 aromatic rings. The van der Waals surface area contributed by atoms with E-state index in [9.17, 15) is 9.59 Å². The fourth-order valence-electron chi connectivity index (χ4n) is 2.92.